The van der Waals surface area contributed by atoms with Gasteiger partial charge in [0, 0.05) is 13.1 Å². The van der Waals surface area contributed by atoms with Crippen molar-refractivity contribution in [2.45, 2.75) is 13.8 Å². The molecular formula is C18H24N4O3. The standard InChI is InChI=1S/C18H24N4O3/c1-4-22(5-2)18(23)16-10-11-17(21-20-16)19-12-13-25-15-8-6-14(24-3)7-9-15/h6-11H,4-5,12-13H2,1-3H3,(H,19,21). The molecule has 1 aromatic heterocycles. The van der Waals surface area contributed by atoms with Crippen LogP contribution in [0.25, 0.3) is 0 Å². The molecule has 0 fully saturated rings. The molecule has 0 saturated carbocycles. The number of rotatable bonds is 9. The van der Waals surface area contributed by atoms with E-state index in [0.29, 0.717) is 37.8 Å². The number of hydrogen-bond acceptors (Lipinski definition) is 6. The Balaban J connectivity index is 1.78. The van der Waals surface area contributed by atoms with Gasteiger partial charge >= 0.3 is 0 Å². The number of amides is 1. The molecule has 0 aliphatic heterocycles. The molecule has 134 valence electrons. The van der Waals surface area contributed by atoms with E-state index >= 15 is 0 Å². The molecular weight excluding hydrogens is 320 g/mol. The molecule has 2 aromatic rings. The van der Waals surface area contributed by atoms with Crippen molar-refractivity contribution >= 4 is 11.7 Å². The van der Waals surface area contributed by atoms with Crippen molar-refractivity contribution in [1.29, 1.82) is 0 Å². The highest BCUT2D eigenvalue weighted by Gasteiger charge is 2.14. The van der Waals surface area contributed by atoms with E-state index in [-0.39, 0.29) is 5.91 Å². The number of benzene rings is 1. The summed E-state index contributed by atoms with van der Waals surface area (Å²) in [5.41, 5.74) is 0.351. The molecule has 0 saturated heterocycles. The Morgan fingerprint density at radius 3 is 2.28 bits per heavy atom. The molecule has 1 heterocycles. The first kappa shape index (κ1) is 18.5. The van der Waals surface area contributed by atoms with Crippen molar-refractivity contribution in [3.63, 3.8) is 0 Å². The van der Waals surface area contributed by atoms with Crippen LogP contribution in [0.15, 0.2) is 36.4 Å². The van der Waals surface area contributed by atoms with E-state index in [1.54, 1.807) is 24.1 Å². The Hall–Kier alpha value is -2.83. The van der Waals surface area contributed by atoms with Crippen molar-refractivity contribution in [2.24, 2.45) is 0 Å². The summed E-state index contributed by atoms with van der Waals surface area (Å²) in [5.74, 6) is 2.07. The zero-order chi connectivity index (χ0) is 18.1. The van der Waals surface area contributed by atoms with Gasteiger partial charge in [0.2, 0.25) is 0 Å². The van der Waals surface area contributed by atoms with Crippen LogP contribution >= 0.6 is 0 Å². The van der Waals surface area contributed by atoms with Gasteiger partial charge in [0.05, 0.1) is 13.7 Å². The van der Waals surface area contributed by atoms with Crippen LogP contribution in [-0.2, 0) is 0 Å². The molecule has 0 unspecified atom stereocenters. The Morgan fingerprint density at radius 1 is 1.04 bits per heavy atom. The predicted molar refractivity (Wildman–Crippen MR) is 96.3 cm³/mol. The third-order valence-corrected chi connectivity index (χ3v) is 3.67. The molecule has 2 rings (SSSR count). The minimum Gasteiger partial charge on any atom is -0.497 e. The van der Waals surface area contributed by atoms with Gasteiger partial charge in [0.25, 0.3) is 5.91 Å². The summed E-state index contributed by atoms with van der Waals surface area (Å²) < 4.78 is 10.7. The molecule has 0 atom stereocenters. The number of methoxy groups -OCH3 is 1. The van der Waals surface area contributed by atoms with E-state index in [2.05, 4.69) is 15.5 Å². The molecule has 0 aliphatic carbocycles. The molecule has 7 nitrogen and oxygen atoms in total. The maximum atomic E-state index is 12.2. The van der Waals surface area contributed by atoms with Crippen molar-refractivity contribution < 1.29 is 14.3 Å². The second kappa shape index (κ2) is 9.46. The second-order valence-corrected chi connectivity index (χ2v) is 5.23. The third kappa shape index (κ3) is 5.34. The number of hydrogen-bond donors (Lipinski definition) is 1. The highest BCUT2D eigenvalue weighted by atomic mass is 16.5. The highest BCUT2D eigenvalue weighted by molar-refractivity contribution is 5.92. The first-order chi connectivity index (χ1) is 12.2. The Labute approximate surface area is 148 Å². The van der Waals surface area contributed by atoms with Gasteiger partial charge < -0.3 is 19.7 Å². The summed E-state index contributed by atoms with van der Waals surface area (Å²) in [6, 6.07) is 10.8. The maximum Gasteiger partial charge on any atom is 0.274 e. The van der Waals surface area contributed by atoms with E-state index in [1.807, 2.05) is 38.1 Å². The van der Waals surface area contributed by atoms with Crippen LogP contribution in [0.3, 0.4) is 0 Å². The summed E-state index contributed by atoms with van der Waals surface area (Å²) in [4.78, 5) is 13.9. The van der Waals surface area contributed by atoms with Gasteiger partial charge in [-0.2, -0.15) is 0 Å². The average Bonchev–Trinajstić information content (AvgIpc) is 2.67. The van der Waals surface area contributed by atoms with Gasteiger partial charge in [-0.15, -0.1) is 10.2 Å². The number of nitrogens with one attached hydrogen (secondary N) is 1. The smallest absolute Gasteiger partial charge is 0.274 e. The van der Waals surface area contributed by atoms with E-state index in [4.69, 9.17) is 9.47 Å². The Morgan fingerprint density at radius 2 is 1.72 bits per heavy atom. The van der Waals surface area contributed by atoms with Gasteiger partial charge in [-0.3, -0.25) is 4.79 Å². The molecule has 1 aromatic carbocycles. The lowest BCUT2D eigenvalue weighted by molar-refractivity contribution is 0.0766. The summed E-state index contributed by atoms with van der Waals surface area (Å²) in [6.45, 7) is 6.23. The molecule has 7 heteroatoms. The number of ether oxygens (including phenoxy) is 2. The van der Waals surface area contributed by atoms with Gasteiger partial charge in [-0.1, -0.05) is 0 Å². The predicted octanol–water partition coefficient (Wildman–Crippen LogP) is 2.46. The van der Waals surface area contributed by atoms with Gasteiger partial charge in [0.1, 0.15) is 23.9 Å². The fraction of sp³-hybridized carbons (Fsp3) is 0.389. The van der Waals surface area contributed by atoms with Gasteiger partial charge in [-0.05, 0) is 50.2 Å². The van der Waals surface area contributed by atoms with Crippen LogP contribution < -0.4 is 14.8 Å². The number of anilines is 1. The lowest BCUT2D eigenvalue weighted by atomic mass is 10.3. The Kier molecular flexibility index (Phi) is 7.00. The largest absolute Gasteiger partial charge is 0.497 e. The van der Waals surface area contributed by atoms with Crippen molar-refractivity contribution in [3.8, 4) is 11.5 Å². The van der Waals surface area contributed by atoms with Crippen LogP contribution in [-0.4, -0.2) is 54.4 Å². The zero-order valence-electron chi connectivity index (χ0n) is 14.9. The third-order valence-electron chi connectivity index (χ3n) is 3.67. The van der Waals surface area contributed by atoms with Crippen LogP contribution in [0.4, 0.5) is 5.82 Å². The van der Waals surface area contributed by atoms with Crippen LogP contribution in [0.5, 0.6) is 11.5 Å². The van der Waals surface area contributed by atoms with E-state index in [0.717, 1.165) is 11.5 Å². The summed E-state index contributed by atoms with van der Waals surface area (Å²) in [7, 11) is 1.63. The Bertz CT molecular complexity index is 655. The normalized spacial score (nSPS) is 10.2. The fourth-order valence-corrected chi connectivity index (χ4v) is 2.23. The molecule has 0 radical (unpaired) electrons. The van der Waals surface area contributed by atoms with Crippen molar-refractivity contribution in [2.75, 3.05) is 38.7 Å². The average molecular weight is 344 g/mol. The first-order valence-corrected chi connectivity index (χ1v) is 8.31. The number of aromatic nitrogens is 2. The molecule has 0 bridgehead atoms. The monoisotopic (exact) mass is 344 g/mol. The molecule has 0 aliphatic rings. The summed E-state index contributed by atoms with van der Waals surface area (Å²) in [5, 5.41) is 11.1. The van der Waals surface area contributed by atoms with Gasteiger partial charge in [0.15, 0.2) is 5.69 Å². The summed E-state index contributed by atoms with van der Waals surface area (Å²) >= 11 is 0. The highest BCUT2D eigenvalue weighted by Crippen LogP contribution is 2.16. The van der Waals surface area contributed by atoms with Gasteiger partial charge in [-0.25, -0.2) is 0 Å². The first-order valence-electron chi connectivity index (χ1n) is 8.31. The molecule has 0 spiro atoms. The molecule has 1 N–H and O–H groups in total. The minimum atomic E-state index is -0.105. The number of carbonyl (C=O) groups excluding carboxylic acids is 1. The second-order valence-electron chi connectivity index (χ2n) is 5.23. The van der Waals surface area contributed by atoms with Crippen LogP contribution in [0.2, 0.25) is 0 Å². The summed E-state index contributed by atoms with van der Waals surface area (Å²) in [6.07, 6.45) is 0. The lowest BCUT2D eigenvalue weighted by Crippen LogP contribution is -2.31. The fourth-order valence-electron chi connectivity index (χ4n) is 2.23. The quantitative estimate of drug-likeness (QED) is 0.704. The minimum absolute atomic E-state index is 0.105. The SMILES string of the molecule is CCN(CC)C(=O)c1ccc(NCCOc2ccc(OC)cc2)nn1. The van der Waals surface area contributed by atoms with Crippen molar-refractivity contribution in [3.05, 3.63) is 42.1 Å². The molecule has 1 amide bonds. The van der Waals surface area contributed by atoms with E-state index in [9.17, 15) is 4.79 Å². The lowest BCUT2D eigenvalue weighted by Gasteiger charge is -2.17. The number of nitrogens with zero attached hydrogens (tertiary/aromatic N) is 3. The van der Waals surface area contributed by atoms with E-state index in [1.165, 1.54) is 0 Å². The zero-order valence-corrected chi connectivity index (χ0v) is 14.9. The number of carbonyl (C=O) groups is 1. The van der Waals surface area contributed by atoms with Crippen molar-refractivity contribution in [1.82, 2.24) is 15.1 Å². The van der Waals surface area contributed by atoms with Crippen LogP contribution in [0.1, 0.15) is 24.3 Å². The van der Waals surface area contributed by atoms with Crippen LogP contribution in [0, 0.1) is 0 Å². The topological polar surface area (TPSA) is 76.6 Å². The van der Waals surface area contributed by atoms with E-state index < -0.39 is 0 Å². The maximum absolute atomic E-state index is 12.2. The molecule has 25 heavy (non-hydrogen) atoms.